The van der Waals surface area contributed by atoms with Crippen LogP contribution in [0.4, 0.5) is 5.69 Å². The van der Waals surface area contributed by atoms with E-state index in [2.05, 4.69) is 31.4 Å². The molecule has 0 unspecified atom stereocenters. The lowest BCUT2D eigenvalue weighted by molar-refractivity contribution is 0.0696. The van der Waals surface area contributed by atoms with Gasteiger partial charge in [0, 0.05) is 10.2 Å². The van der Waals surface area contributed by atoms with Gasteiger partial charge in [-0.15, -0.1) is 0 Å². The Morgan fingerprint density at radius 3 is 2.60 bits per heavy atom. The van der Waals surface area contributed by atoms with Crippen molar-refractivity contribution in [3.63, 3.8) is 0 Å². The lowest BCUT2D eigenvalue weighted by Crippen LogP contribution is -2.14. The Labute approximate surface area is 123 Å². The van der Waals surface area contributed by atoms with Gasteiger partial charge < -0.3 is 10.4 Å². The van der Waals surface area contributed by atoms with Crippen LogP contribution in [0.2, 0.25) is 0 Å². The molecule has 2 rings (SSSR count). The third-order valence-electron chi connectivity index (χ3n) is 2.82. The topological polar surface area (TPSA) is 95.1 Å². The quantitative estimate of drug-likeness (QED) is 0.802. The van der Waals surface area contributed by atoms with Crippen LogP contribution in [0.15, 0.2) is 22.7 Å². The standard InChI is InChI=1S/C13H12BrN3O3/c1-6-11(7(2)17-16-6)12(18)15-10-5-8(13(19)20)3-4-9(10)14/h3-5H,1-2H3,(H,15,18)(H,16,17)(H,19,20). The first kappa shape index (κ1) is 14.3. The van der Waals surface area contributed by atoms with E-state index in [0.29, 0.717) is 27.1 Å². The summed E-state index contributed by atoms with van der Waals surface area (Å²) in [5.41, 5.74) is 2.20. The van der Waals surface area contributed by atoms with Crippen molar-refractivity contribution in [3.8, 4) is 0 Å². The van der Waals surface area contributed by atoms with Crippen LogP contribution in [-0.2, 0) is 0 Å². The molecule has 0 bridgehead atoms. The molecule has 0 aliphatic rings. The number of carboxylic acids is 1. The van der Waals surface area contributed by atoms with Crippen molar-refractivity contribution in [1.82, 2.24) is 10.2 Å². The van der Waals surface area contributed by atoms with Crippen LogP contribution in [0.25, 0.3) is 0 Å². The largest absolute Gasteiger partial charge is 0.478 e. The maximum absolute atomic E-state index is 12.2. The summed E-state index contributed by atoms with van der Waals surface area (Å²) in [6.45, 7) is 3.47. The monoisotopic (exact) mass is 337 g/mol. The first-order chi connectivity index (χ1) is 9.40. The number of rotatable bonds is 3. The smallest absolute Gasteiger partial charge is 0.335 e. The Morgan fingerprint density at radius 1 is 1.35 bits per heavy atom. The molecule has 0 fully saturated rings. The predicted molar refractivity (Wildman–Crippen MR) is 77.1 cm³/mol. The Bertz CT molecular complexity index is 675. The Kier molecular flexibility index (Phi) is 3.89. The number of aromatic carboxylic acids is 1. The molecule has 0 aliphatic carbocycles. The van der Waals surface area contributed by atoms with Crippen molar-refractivity contribution in [2.75, 3.05) is 5.32 Å². The average Bonchev–Trinajstić information content (AvgIpc) is 2.71. The first-order valence-corrected chi connectivity index (χ1v) is 6.55. The van der Waals surface area contributed by atoms with Gasteiger partial charge >= 0.3 is 5.97 Å². The number of H-pyrrole nitrogens is 1. The van der Waals surface area contributed by atoms with Gasteiger partial charge in [-0.3, -0.25) is 9.89 Å². The molecule has 0 atom stereocenters. The highest BCUT2D eigenvalue weighted by Crippen LogP contribution is 2.25. The fourth-order valence-electron chi connectivity index (χ4n) is 1.82. The summed E-state index contributed by atoms with van der Waals surface area (Å²) in [6.07, 6.45) is 0. The maximum atomic E-state index is 12.2. The van der Waals surface area contributed by atoms with Gasteiger partial charge in [-0.2, -0.15) is 5.10 Å². The van der Waals surface area contributed by atoms with E-state index >= 15 is 0 Å². The summed E-state index contributed by atoms with van der Waals surface area (Å²) < 4.78 is 0.606. The molecule has 20 heavy (non-hydrogen) atoms. The summed E-state index contributed by atoms with van der Waals surface area (Å²) in [4.78, 5) is 23.2. The van der Waals surface area contributed by atoms with Crippen LogP contribution in [-0.4, -0.2) is 27.2 Å². The number of aryl methyl sites for hydroxylation is 2. The number of hydrogen-bond donors (Lipinski definition) is 3. The van der Waals surface area contributed by atoms with Crippen molar-refractivity contribution in [2.24, 2.45) is 0 Å². The number of hydrogen-bond acceptors (Lipinski definition) is 3. The molecule has 7 heteroatoms. The second kappa shape index (κ2) is 5.46. The number of nitrogens with zero attached hydrogens (tertiary/aromatic N) is 1. The summed E-state index contributed by atoms with van der Waals surface area (Å²) in [5.74, 6) is -1.39. The third-order valence-corrected chi connectivity index (χ3v) is 3.51. The molecular formula is C13H12BrN3O3. The molecule has 0 saturated carbocycles. The van der Waals surface area contributed by atoms with Gasteiger partial charge in [0.15, 0.2) is 0 Å². The average molecular weight is 338 g/mol. The van der Waals surface area contributed by atoms with Crippen LogP contribution in [0.1, 0.15) is 32.1 Å². The molecule has 104 valence electrons. The summed E-state index contributed by atoms with van der Waals surface area (Å²) in [7, 11) is 0. The van der Waals surface area contributed by atoms with E-state index in [1.165, 1.54) is 12.1 Å². The van der Waals surface area contributed by atoms with Gasteiger partial charge in [0.2, 0.25) is 0 Å². The summed E-state index contributed by atoms with van der Waals surface area (Å²) in [6, 6.07) is 4.43. The van der Waals surface area contributed by atoms with E-state index in [0.717, 1.165) is 0 Å². The van der Waals surface area contributed by atoms with Crippen LogP contribution >= 0.6 is 15.9 Å². The lowest BCUT2D eigenvalue weighted by atomic mass is 10.1. The van der Waals surface area contributed by atoms with Crippen LogP contribution < -0.4 is 5.32 Å². The molecule has 0 aliphatic heterocycles. The van der Waals surface area contributed by atoms with E-state index in [1.807, 2.05) is 0 Å². The Balaban J connectivity index is 2.33. The highest BCUT2D eigenvalue weighted by atomic mass is 79.9. The number of benzene rings is 1. The van der Waals surface area contributed by atoms with Crippen molar-refractivity contribution >= 4 is 33.5 Å². The molecule has 1 aromatic carbocycles. The second-order valence-electron chi connectivity index (χ2n) is 4.26. The van der Waals surface area contributed by atoms with Crippen molar-refractivity contribution < 1.29 is 14.7 Å². The van der Waals surface area contributed by atoms with Crippen molar-refractivity contribution in [1.29, 1.82) is 0 Å². The number of anilines is 1. The van der Waals surface area contributed by atoms with Gasteiger partial charge in [0.1, 0.15) is 0 Å². The minimum Gasteiger partial charge on any atom is -0.478 e. The minimum atomic E-state index is -1.05. The van der Waals surface area contributed by atoms with Crippen molar-refractivity contribution in [3.05, 3.63) is 45.2 Å². The van der Waals surface area contributed by atoms with E-state index < -0.39 is 5.97 Å². The van der Waals surface area contributed by atoms with Gasteiger partial charge in [-0.05, 0) is 48.0 Å². The number of carbonyl (C=O) groups is 2. The molecule has 0 spiro atoms. The first-order valence-electron chi connectivity index (χ1n) is 5.76. The summed E-state index contributed by atoms with van der Waals surface area (Å²) in [5, 5.41) is 18.3. The zero-order valence-electron chi connectivity index (χ0n) is 10.8. The van der Waals surface area contributed by atoms with Crippen LogP contribution in [0.3, 0.4) is 0 Å². The molecular weight excluding hydrogens is 326 g/mol. The van der Waals surface area contributed by atoms with E-state index in [4.69, 9.17) is 5.11 Å². The number of carbonyl (C=O) groups excluding carboxylic acids is 1. The number of carboxylic acid groups (broad SMARTS) is 1. The Hall–Kier alpha value is -2.15. The van der Waals surface area contributed by atoms with Crippen LogP contribution in [0.5, 0.6) is 0 Å². The third kappa shape index (κ3) is 2.72. The number of aromatic amines is 1. The minimum absolute atomic E-state index is 0.101. The van der Waals surface area contributed by atoms with Crippen LogP contribution in [0, 0.1) is 13.8 Å². The molecule has 6 nitrogen and oxygen atoms in total. The molecule has 3 N–H and O–H groups in total. The molecule has 1 amide bonds. The molecule has 0 saturated heterocycles. The highest BCUT2D eigenvalue weighted by molar-refractivity contribution is 9.10. The number of halogens is 1. The highest BCUT2D eigenvalue weighted by Gasteiger charge is 2.17. The fourth-order valence-corrected chi connectivity index (χ4v) is 2.17. The zero-order chi connectivity index (χ0) is 14.9. The Morgan fingerprint density at radius 2 is 2.05 bits per heavy atom. The second-order valence-corrected chi connectivity index (χ2v) is 5.12. The van der Waals surface area contributed by atoms with Gasteiger partial charge in [0.05, 0.1) is 22.5 Å². The number of amides is 1. The van der Waals surface area contributed by atoms with Crippen molar-refractivity contribution in [2.45, 2.75) is 13.8 Å². The molecule has 1 heterocycles. The number of nitrogens with one attached hydrogen (secondary N) is 2. The number of aromatic nitrogens is 2. The van der Waals surface area contributed by atoms with Gasteiger partial charge in [-0.1, -0.05) is 0 Å². The summed E-state index contributed by atoms with van der Waals surface area (Å²) >= 11 is 3.28. The zero-order valence-corrected chi connectivity index (χ0v) is 12.4. The molecule has 0 radical (unpaired) electrons. The van der Waals surface area contributed by atoms with E-state index in [1.54, 1.807) is 19.9 Å². The molecule has 2 aromatic rings. The normalized spacial score (nSPS) is 10.3. The molecule has 1 aromatic heterocycles. The van der Waals surface area contributed by atoms with E-state index in [-0.39, 0.29) is 11.5 Å². The van der Waals surface area contributed by atoms with Gasteiger partial charge in [0.25, 0.3) is 5.91 Å². The predicted octanol–water partition coefficient (Wildman–Crippen LogP) is 2.74. The lowest BCUT2D eigenvalue weighted by Gasteiger charge is -2.08. The van der Waals surface area contributed by atoms with Gasteiger partial charge in [-0.25, -0.2) is 4.79 Å². The van der Waals surface area contributed by atoms with E-state index in [9.17, 15) is 9.59 Å². The maximum Gasteiger partial charge on any atom is 0.335 e. The fraction of sp³-hybridized carbons (Fsp3) is 0.154. The SMILES string of the molecule is Cc1n[nH]c(C)c1C(=O)Nc1cc(C(=O)O)ccc1Br.